The van der Waals surface area contributed by atoms with Crippen molar-refractivity contribution in [2.24, 2.45) is 5.92 Å². The first-order valence-corrected chi connectivity index (χ1v) is 6.94. The van der Waals surface area contributed by atoms with Crippen LogP contribution < -0.4 is 4.90 Å². The highest BCUT2D eigenvalue weighted by atomic mass is 19.1. The molecule has 1 fully saturated rings. The first-order valence-electron chi connectivity index (χ1n) is 6.94. The topological polar surface area (TPSA) is 21.7 Å². The van der Waals surface area contributed by atoms with Crippen molar-refractivity contribution >= 4 is 5.69 Å². The third-order valence-corrected chi connectivity index (χ3v) is 3.99. The van der Waals surface area contributed by atoms with E-state index < -0.39 is 0 Å². The van der Waals surface area contributed by atoms with E-state index in [2.05, 4.69) is 11.8 Å². The second-order valence-corrected chi connectivity index (χ2v) is 5.47. The Bertz CT molecular complexity index is 458. The van der Waals surface area contributed by atoms with Crippen LogP contribution in [0.5, 0.6) is 0 Å². The van der Waals surface area contributed by atoms with E-state index in [9.17, 15) is 4.39 Å². The molecule has 3 nitrogen and oxygen atoms in total. The monoisotopic (exact) mass is 265 g/mol. The van der Waals surface area contributed by atoms with Crippen LogP contribution in [0.15, 0.2) is 12.1 Å². The van der Waals surface area contributed by atoms with E-state index in [-0.39, 0.29) is 5.82 Å². The molecule has 0 amide bonds. The fraction of sp³-hybridized carbons (Fsp3) is 0.600. The Labute approximate surface area is 113 Å². The molecule has 3 rings (SSSR count). The molecular formula is C15H20FNO2. The van der Waals surface area contributed by atoms with Gasteiger partial charge < -0.3 is 14.4 Å². The first-order chi connectivity index (χ1) is 9.25. The molecule has 0 atom stereocenters. The molecule has 1 saturated heterocycles. The zero-order valence-corrected chi connectivity index (χ0v) is 11.3. The zero-order chi connectivity index (χ0) is 13.2. The number of ether oxygens (including phenoxy) is 2. The lowest BCUT2D eigenvalue weighted by molar-refractivity contribution is -0.123. The number of rotatable bonds is 2. The maximum atomic E-state index is 14.2. The van der Waals surface area contributed by atoms with Crippen LogP contribution in [0.25, 0.3) is 0 Å². The average molecular weight is 265 g/mol. The van der Waals surface area contributed by atoms with Crippen molar-refractivity contribution in [3.8, 4) is 0 Å². The third-order valence-electron chi connectivity index (χ3n) is 3.99. The van der Waals surface area contributed by atoms with Gasteiger partial charge in [0.05, 0.1) is 18.9 Å². The van der Waals surface area contributed by atoms with Gasteiger partial charge >= 0.3 is 0 Å². The summed E-state index contributed by atoms with van der Waals surface area (Å²) in [7, 11) is 0. The zero-order valence-electron chi connectivity index (χ0n) is 11.3. The second-order valence-electron chi connectivity index (χ2n) is 5.47. The Morgan fingerprint density at radius 3 is 2.89 bits per heavy atom. The van der Waals surface area contributed by atoms with E-state index in [0.717, 1.165) is 31.6 Å². The molecule has 1 aromatic rings. The van der Waals surface area contributed by atoms with Crippen molar-refractivity contribution in [2.75, 3.05) is 38.0 Å². The largest absolute Gasteiger partial charge is 0.368 e. The highest BCUT2D eigenvalue weighted by Crippen LogP contribution is 2.33. The minimum absolute atomic E-state index is 0.0991. The molecule has 0 saturated carbocycles. The van der Waals surface area contributed by atoms with E-state index in [1.54, 1.807) is 6.07 Å². The SMILES string of the molecule is Cc1ccc(F)c2c1CCCN2CC1COCOC1. The van der Waals surface area contributed by atoms with Crippen LogP contribution in [-0.4, -0.2) is 33.1 Å². The number of aryl methyl sites for hydroxylation is 1. The van der Waals surface area contributed by atoms with E-state index in [1.165, 1.54) is 11.1 Å². The van der Waals surface area contributed by atoms with Crippen molar-refractivity contribution in [3.63, 3.8) is 0 Å². The van der Waals surface area contributed by atoms with Gasteiger partial charge in [0.1, 0.15) is 12.6 Å². The Hall–Kier alpha value is -1.13. The van der Waals surface area contributed by atoms with Crippen LogP contribution in [0.3, 0.4) is 0 Å². The summed E-state index contributed by atoms with van der Waals surface area (Å²) in [4.78, 5) is 2.17. The third kappa shape index (κ3) is 2.60. The number of anilines is 1. The predicted octanol–water partition coefficient (Wildman–Crippen LogP) is 2.51. The van der Waals surface area contributed by atoms with Gasteiger partial charge in [-0.05, 0) is 37.0 Å². The molecule has 1 aromatic carbocycles. The molecule has 0 N–H and O–H groups in total. The average Bonchev–Trinajstić information content (AvgIpc) is 2.44. The van der Waals surface area contributed by atoms with E-state index in [4.69, 9.17) is 9.47 Å². The lowest BCUT2D eigenvalue weighted by Gasteiger charge is -2.36. The van der Waals surface area contributed by atoms with Crippen molar-refractivity contribution in [3.05, 3.63) is 29.1 Å². The summed E-state index contributed by atoms with van der Waals surface area (Å²) in [6.45, 7) is 5.60. The molecule has 0 unspecified atom stereocenters. The Morgan fingerprint density at radius 1 is 1.32 bits per heavy atom. The van der Waals surface area contributed by atoms with E-state index in [1.807, 2.05) is 6.07 Å². The summed E-state index contributed by atoms with van der Waals surface area (Å²) in [6.07, 6.45) is 2.07. The fourth-order valence-corrected chi connectivity index (χ4v) is 3.06. The van der Waals surface area contributed by atoms with Gasteiger partial charge in [0.2, 0.25) is 0 Å². The van der Waals surface area contributed by atoms with Crippen molar-refractivity contribution < 1.29 is 13.9 Å². The van der Waals surface area contributed by atoms with Crippen LogP contribution in [0.1, 0.15) is 17.5 Å². The molecule has 19 heavy (non-hydrogen) atoms. The number of halogens is 1. The summed E-state index contributed by atoms with van der Waals surface area (Å²) in [5.74, 6) is 0.234. The number of nitrogens with zero attached hydrogens (tertiary/aromatic N) is 1. The second kappa shape index (κ2) is 5.47. The molecule has 2 aliphatic heterocycles. The van der Waals surface area contributed by atoms with Crippen LogP contribution in [0.2, 0.25) is 0 Å². The van der Waals surface area contributed by atoms with Gasteiger partial charge in [-0.15, -0.1) is 0 Å². The summed E-state index contributed by atoms with van der Waals surface area (Å²) < 4.78 is 24.8. The molecule has 0 radical (unpaired) electrons. The van der Waals surface area contributed by atoms with E-state index >= 15 is 0 Å². The molecule has 0 aliphatic carbocycles. The molecule has 0 aromatic heterocycles. The van der Waals surface area contributed by atoms with Gasteiger partial charge in [0, 0.05) is 19.0 Å². The lowest BCUT2D eigenvalue weighted by Crippen LogP contribution is -2.39. The number of benzene rings is 1. The predicted molar refractivity (Wildman–Crippen MR) is 71.9 cm³/mol. The molecule has 2 aliphatic rings. The van der Waals surface area contributed by atoms with Crippen molar-refractivity contribution in [1.82, 2.24) is 0 Å². The molecule has 4 heteroatoms. The Kier molecular flexibility index (Phi) is 3.71. The smallest absolute Gasteiger partial charge is 0.146 e. The highest BCUT2D eigenvalue weighted by Gasteiger charge is 2.25. The number of hydrogen-bond donors (Lipinski definition) is 0. The minimum Gasteiger partial charge on any atom is -0.368 e. The maximum Gasteiger partial charge on any atom is 0.146 e. The van der Waals surface area contributed by atoms with Crippen LogP contribution in [-0.2, 0) is 15.9 Å². The van der Waals surface area contributed by atoms with Gasteiger partial charge in [0.15, 0.2) is 0 Å². The van der Waals surface area contributed by atoms with E-state index in [0.29, 0.717) is 25.9 Å². The molecule has 2 heterocycles. The Morgan fingerprint density at radius 2 is 2.11 bits per heavy atom. The molecule has 0 spiro atoms. The first kappa shape index (κ1) is 12.9. The van der Waals surface area contributed by atoms with Gasteiger partial charge in [-0.1, -0.05) is 6.07 Å². The maximum absolute atomic E-state index is 14.2. The van der Waals surface area contributed by atoms with Crippen molar-refractivity contribution in [2.45, 2.75) is 19.8 Å². The minimum atomic E-state index is -0.0991. The summed E-state index contributed by atoms with van der Waals surface area (Å²) in [6, 6.07) is 3.46. The van der Waals surface area contributed by atoms with Gasteiger partial charge in [-0.2, -0.15) is 0 Å². The highest BCUT2D eigenvalue weighted by molar-refractivity contribution is 5.59. The van der Waals surface area contributed by atoms with Gasteiger partial charge in [0.25, 0.3) is 0 Å². The van der Waals surface area contributed by atoms with Gasteiger partial charge in [-0.3, -0.25) is 0 Å². The molecular weight excluding hydrogens is 245 g/mol. The molecule has 0 bridgehead atoms. The fourth-order valence-electron chi connectivity index (χ4n) is 3.06. The molecule has 104 valence electrons. The lowest BCUT2D eigenvalue weighted by atomic mass is 9.95. The Balaban J connectivity index is 1.83. The van der Waals surface area contributed by atoms with Crippen LogP contribution in [0, 0.1) is 18.7 Å². The standard InChI is InChI=1S/C15H20FNO2/c1-11-4-5-14(16)15-13(11)3-2-6-17(15)7-12-8-18-10-19-9-12/h4-5,12H,2-3,6-10H2,1H3. The summed E-state index contributed by atoms with van der Waals surface area (Å²) >= 11 is 0. The van der Waals surface area contributed by atoms with Crippen LogP contribution >= 0.6 is 0 Å². The van der Waals surface area contributed by atoms with Crippen molar-refractivity contribution in [1.29, 1.82) is 0 Å². The summed E-state index contributed by atoms with van der Waals surface area (Å²) in [5, 5.41) is 0. The number of fused-ring (bicyclic) bond motifs is 1. The number of hydrogen-bond acceptors (Lipinski definition) is 3. The quantitative estimate of drug-likeness (QED) is 0.820. The normalized spacial score (nSPS) is 20.4. The van der Waals surface area contributed by atoms with Gasteiger partial charge in [-0.25, -0.2) is 4.39 Å². The summed E-state index contributed by atoms with van der Waals surface area (Å²) in [5.41, 5.74) is 3.16. The van der Waals surface area contributed by atoms with Crippen LogP contribution in [0.4, 0.5) is 10.1 Å².